The second-order valence-corrected chi connectivity index (χ2v) is 8.19. The molecule has 0 spiro atoms. The van der Waals surface area contributed by atoms with Crippen LogP contribution in [-0.4, -0.2) is 68.2 Å². The molecule has 0 aliphatic carbocycles. The van der Waals surface area contributed by atoms with Gasteiger partial charge in [0, 0.05) is 25.2 Å². The fourth-order valence-electron chi connectivity index (χ4n) is 3.32. The Hall–Kier alpha value is -1.44. The van der Waals surface area contributed by atoms with Crippen molar-refractivity contribution in [3.8, 4) is 0 Å². The van der Waals surface area contributed by atoms with Crippen molar-refractivity contribution in [2.75, 3.05) is 32.5 Å². The summed E-state index contributed by atoms with van der Waals surface area (Å²) in [5.41, 5.74) is 1.74. The summed E-state index contributed by atoms with van der Waals surface area (Å²) in [6.45, 7) is 3.71. The number of carbonyl (C=O) groups is 1. The Labute approximate surface area is 137 Å². The lowest BCUT2D eigenvalue weighted by atomic mass is 9.99. The van der Waals surface area contributed by atoms with Crippen LogP contribution in [0.2, 0.25) is 0 Å². The number of hydrogen-bond donors (Lipinski definition) is 0. The second-order valence-electron chi connectivity index (χ2n) is 6.26. The second kappa shape index (κ2) is 6.22. The van der Waals surface area contributed by atoms with E-state index >= 15 is 0 Å². The summed E-state index contributed by atoms with van der Waals surface area (Å²) in [7, 11) is -3.30. The van der Waals surface area contributed by atoms with Gasteiger partial charge in [-0.3, -0.25) is 4.79 Å². The normalized spacial score (nSPS) is 25.9. The van der Waals surface area contributed by atoms with Crippen LogP contribution in [0.4, 0.5) is 0 Å². The minimum atomic E-state index is -3.30. The number of morpholine rings is 1. The molecular weight excluding hydrogens is 316 g/mol. The molecule has 7 heteroatoms. The number of fused-ring (bicyclic) bond motifs is 1. The van der Waals surface area contributed by atoms with Crippen molar-refractivity contribution in [3.05, 3.63) is 35.4 Å². The zero-order chi connectivity index (χ0) is 16.6. The predicted molar refractivity (Wildman–Crippen MR) is 86.8 cm³/mol. The molecule has 1 aromatic carbocycles. The first-order chi connectivity index (χ1) is 10.9. The zero-order valence-corrected chi connectivity index (χ0v) is 14.3. The molecule has 2 fully saturated rings. The van der Waals surface area contributed by atoms with Gasteiger partial charge in [0.1, 0.15) is 0 Å². The number of rotatable bonds is 2. The maximum Gasteiger partial charge on any atom is 0.253 e. The Balaban J connectivity index is 1.78. The molecule has 0 radical (unpaired) electrons. The maximum atomic E-state index is 12.7. The molecule has 2 aliphatic rings. The predicted octanol–water partition coefficient (Wildman–Crippen LogP) is 0.870. The largest absolute Gasteiger partial charge is 0.375 e. The van der Waals surface area contributed by atoms with Crippen LogP contribution in [0, 0.1) is 6.92 Å². The van der Waals surface area contributed by atoms with E-state index in [1.165, 1.54) is 10.6 Å². The van der Waals surface area contributed by atoms with Crippen molar-refractivity contribution in [3.63, 3.8) is 0 Å². The van der Waals surface area contributed by atoms with E-state index in [4.69, 9.17) is 4.74 Å². The molecule has 6 nitrogen and oxygen atoms in total. The lowest BCUT2D eigenvalue weighted by Gasteiger charge is -2.45. The Morgan fingerprint density at radius 2 is 1.91 bits per heavy atom. The number of ether oxygens (including phenoxy) is 1. The summed E-state index contributed by atoms with van der Waals surface area (Å²) in [4.78, 5) is 14.4. The van der Waals surface area contributed by atoms with Crippen LogP contribution in [0.3, 0.4) is 0 Å². The van der Waals surface area contributed by atoms with Gasteiger partial charge < -0.3 is 9.64 Å². The van der Waals surface area contributed by atoms with Gasteiger partial charge in [-0.15, -0.1) is 0 Å². The van der Waals surface area contributed by atoms with Crippen LogP contribution in [0.25, 0.3) is 0 Å². The van der Waals surface area contributed by atoms with Crippen LogP contribution in [0.1, 0.15) is 22.3 Å². The Kier molecular flexibility index (Phi) is 4.44. The number of likely N-dealkylation sites (tertiary alicyclic amines) is 1. The molecule has 1 aromatic rings. The average Bonchev–Trinajstić information content (AvgIpc) is 2.53. The molecular formula is C16H22N2O4S. The molecule has 1 amide bonds. The van der Waals surface area contributed by atoms with Crippen LogP contribution < -0.4 is 0 Å². The van der Waals surface area contributed by atoms with E-state index in [1.807, 2.05) is 31.2 Å². The van der Waals surface area contributed by atoms with E-state index in [1.54, 1.807) is 4.90 Å². The SMILES string of the molecule is Cc1ccc(C(=O)N2CC[C@@H]3OCCN(S(C)(=O)=O)[C@H]3C2)cc1. The topological polar surface area (TPSA) is 66.9 Å². The van der Waals surface area contributed by atoms with Gasteiger partial charge in [-0.05, 0) is 25.5 Å². The first kappa shape index (κ1) is 16.4. The molecule has 126 valence electrons. The number of piperidine rings is 1. The molecule has 2 saturated heterocycles. The van der Waals surface area contributed by atoms with Gasteiger partial charge >= 0.3 is 0 Å². The van der Waals surface area contributed by atoms with E-state index in [2.05, 4.69) is 0 Å². The Morgan fingerprint density at radius 3 is 2.57 bits per heavy atom. The van der Waals surface area contributed by atoms with Crippen LogP contribution in [0.5, 0.6) is 0 Å². The average molecular weight is 338 g/mol. The first-order valence-electron chi connectivity index (χ1n) is 7.80. The maximum absolute atomic E-state index is 12.7. The highest BCUT2D eigenvalue weighted by Gasteiger charge is 2.42. The van der Waals surface area contributed by atoms with Crippen molar-refractivity contribution in [2.24, 2.45) is 0 Å². The quantitative estimate of drug-likeness (QED) is 0.802. The number of sulfonamides is 1. The van der Waals surface area contributed by atoms with Gasteiger partial charge in [0.05, 0.1) is 25.0 Å². The minimum absolute atomic E-state index is 0.0533. The van der Waals surface area contributed by atoms with Crippen molar-refractivity contribution in [1.82, 2.24) is 9.21 Å². The van der Waals surface area contributed by atoms with E-state index < -0.39 is 10.0 Å². The fourth-order valence-corrected chi connectivity index (χ4v) is 4.42. The Bertz CT molecular complexity index is 687. The summed E-state index contributed by atoms with van der Waals surface area (Å²) < 4.78 is 31.2. The van der Waals surface area contributed by atoms with Crippen molar-refractivity contribution in [2.45, 2.75) is 25.5 Å². The highest BCUT2D eigenvalue weighted by Crippen LogP contribution is 2.26. The highest BCUT2D eigenvalue weighted by molar-refractivity contribution is 7.88. The Morgan fingerprint density at radius 1 is 1.22 bits per heavy atom. The van der Waals surface area contributed by atoms with Gasteiger partial charge in [0.15, 0.2) is 0 Å². The van der Waals surface area contributed by atoms with Crippen LogP contribution >= 0.6 is 0 Å². The summed E-state index contributed by atoms with van der Waals surface area (Å²) in [6, 6.07) is 7.16. The molecule has 0 saturated carbocycles. The minimum Gasteiger partial charge on any atom is -0.375 e. The molecule has 2 aliphatic heterocycles. The van der Waals surface area contributed by atoms with Crippen LogP contribution in [-0.2, 0) is 14.8 Å². The molecule has 3 rings (SSSR count). The smallest absolute Gasteiger partial charge is 0.253 e. The summed E-state index contributed by atoms with van der Waals surface area (Å²) in [5, 5.41) is 0. The van der Waals surface area contributed by atoms with Gasteiger partial charge in [0.25, 0.3) is 5.91 Å². The van der Waals surface area contributed by atoms with E-state index in [0.29, 0.717) is 38.2 Å². The number of aryl methyl sites for hydroxylation is 1. The molecule has 0 unspecified atom stereocenters. The third kappa shape index (κ3) is 3.41. The number of benzene rings is 1. The van der Waals surface area contributed by atoms with Crippen molar-refractivity contribution < 1.29 is 17.9 Å². The van der Waals surface area contributed by atoms with Gasteiger partial charge in [-0.1, -0.05) is 17.7 Å². The molecule has 23 heavy (non-hydrogen) atoms. The van der Waals surface area contributed by atoms with Crippen molar-refractivity contribution in [1.29, 1.82) is 0 Å². The summed E-state index contributed by atoms with van der Waals surface area (Å²) >= 11 is 0. The summed E-state index contributed by atoms with van der Waals surface area (Å²) in [5.74, 6) is -0.0533. The van der Waals surface area contributed by atoms with Crippen LogP contribution in [0.15, 0.2) is 24.3 Å². The zero-order valence-electron chi connectivity index (χ0n) is 13.4. The van der Waals surface area contributed by atoms with Gasteiger partial charge in [-0.25, -0.2) is 8.42 Å². The third-order valence-corrected chi connectivity index (χ3v) is 5.85. The molecule has 2 atom stereocenters. The van der Waals surface area contributed by atoms with Crippen molar-refractivity contribution >= 4 is 15.9 Å². The van der Waals surface area contributed by atoms with Gasteiger partial charge in [-0.2, -0.15) is 4.31 Å². The third-order valence-electron chi connectivity index (χ3n) is 4.55. The fraction of sp³-hybridized carbons (Fsp3) is 0.562. The molecule has 0 bridgehead atoms. The van der Waals surface area contributed by atoms with E-state index in [9.17, 15) is 13.2 Å². The lowest BCUT2D eigenvalue weighted by molar-refractivity contribution is -0.0704. The van der Waals surface area contributed by atoms with Gasteiger partial charge in [0.2, 0.25) is 10.0 Å². The molecule has 0 N–H and O–H groups in total. The first-order valence-corrected chi connectivity index (χ1v) is 9.65. The molecule has 0 aromatic heterocycles. The lowest BCUT2D eigenvalue weighted by Crippen LogP contribution is -2.61. The summed E-state index contributed by atoms with van der Waals surface area (Å²) in [6.07, 6.45) is 1.75. The number of carbonyl (C=O) groups excluding carboxylic acids is 1. The standard InChI is InChI=1S/C16H22N2O4S/c1-12-3-5-13(6-4-12)16(19)17-8-7-15-14(11-17)18(9-10-22-15)23(2,20)21/h3-6,14-15H,7-11H2,1-2H3/t14-,15-/m0/s1. The highest BCUT2D eigenvalue weighted by atomic mass is 32.2. The molecule has 2 heterocycles. The van der Waals surface area contributed by atoms with E-state index in [0.717, 1.165) is 5.56 Å². The number of nitrogens with zero attached hydrogens (tertiary/aromatic N) is 2. The number of amides is 1. The van der Waals surface area contributed by atoms with E-state index in [-0.39, 0.29) is 18.1 Å². The monoisotopic (exact) mass is 338 g/mol. The number of hydrogen-bond acceptors (Lipinski definition) is 4.